The maximum Gasteiger partial charge on any atom is 0.339 e. The van der Waals surface area contributed by atoms with Gasteiger partial charge in [0.25, 0.3) is 0 Å². The van der Waals surface area contributed by atoms with Crippen LogP contribution in [0.5, 0.6) is 0 Å². The fourth-order valence-electron chi connectivity index (χ4n) is 3.51. The van der Waals surface area contributed by atoms with Crippen molar-refractivity contribution in [2.75, 3.05) is 13.1 Å². The predicted molar refractivity (Wildman–Crippen MR) is 74.8 cm³/mol. The molecule has 104 valence electrons. The minimum Gasteiger partial charge on any atom is -0.478 e. The lowest BCUT2D eigenvalue weighted by atomic mass is 10.1. The maximum absolute atomic E-state index is 11.3. The van der Waals surface area contributed by atoms with Crippen molar-refractivity contribution < 1.29 is 14.3 Å². The first-order valence-corrected chi connectivity index (χ1v) is 7.09. The minimum absolute atomic E-state index is 0.297. The van der Waals surface area contributed by atoms with E-state index in [0.717, 1.165) is 23.8 Å². The first-order valence-electron chi connectivity index (χ1n) is 7.09. The van der Waals surface area contributed by atoms with Crippen LogP contribution in [0.2, 0.25) is 0 Å². The van der Waals surface area contributed by atoms with Crippen molar-refractivity contribution in [3.63, 3.8) is 0 Å². The standard InChI is InChI=1S/C16H17NO3/c1-9-15(16(18)19)13-4-10(2-3-14(13)20-9)6-17-7-11-5-12(11)8-17/h2-4,11-12H,5-8H2,1H3,(H,18,19). The Labute approximate surface area is 117 Å². The highest BCUT2D eigenvalue weighted by Crippen LogP contribution is 2.45. The van der Waals surface area contributed by atoms with Gasteiger partial charge in [0.2, 0.25) is 0 Å². The van der Waals surface area contributed by atoms with Crippen molar-refractivity contribution in [3.05, 3.63) is 35.1 Å². The molecule has 2 fully saturated rings. The summed E-state index contributed by atoms with van der Waals surface area (Å²) in [6.07, 6.45) is 1.40. The number of aromatic carboxylic acids is 1. The molecule has 20 heavy (non-hydrogen) atoms. The molecule has 0 spiro atoms. The van der Waals surface area contributed by atoms with Crippen LogP contribution >= 0.6 is 0 Å². The second-order valence-electron chi connectivity index (χ2n) is 6.12. The second-order valence-corrected chi connectivity index (χ2v) is 6.12. The largest absolute Gasteiger partial charge is 0.478 e. The summed E-state index contributed by atoms with van der Waals surface area (Å²) in [4.78, 5) is 13.8. The van der Waals surface area contributed by atoms with E-state index in [0.29, 0.717) is 16.9 Å². The topological polar surface area (TPSA) is 53.7 Å². The molecule has 1 aliphatic carbocycles. The molecule has 0 amide bonds. The summed E-state index contributed by atoms with van der Waals surface area (Å²) in [6.45, 7) is 5.00. The fraction of sp³-hybridized carbons (Fsp3) is 0.438. The number of nitrogens with zero attached hydrogens (tertiary/aromatic N) is 1. The Kier molecular flexibility index (Phi) is 2.45. The van der Waals surface area contributed by atoms with Crippen LogP contribution in [-0.4, -0.2) is 29.1 Å². The van der Waals surface area contributed by atoms with Gasteiger partial charge in [-0.3, -0.25) is 4.90 Å². The number of hydrogen-bond acceptors (Lipinski definition) is 3. The summed E-state index contributed by atoms with van der Waals surface area (Å²) in [6, 6.07) is 5.90. The zero-order valence-electron chi connectivity index (χ0n) is 11.4. The number of carboxylic acid groups (broad SMARTS) is 1. The normalized spacial score (nSPS) is 25.1. The van der Waals surface area contributed by atoms with Crippen LogP contribution in [0.1, 0.15) is 28.1 Å². The summed E-state index contributed by atoms with van der Waals surface area (Å²) in [5.74, 6) is 1.40. The maximum atomic E-state index is 11.3. The number of fused-ring (bicyclic) bond motifs is 2. The second kappa shape index (κ2) is 4.09. The Balaban J connectivity index is 1.66. The number of piperidine rings is 1. The van der Waals surface area contributed by atoms with E-state index in [-0.39, 0.29) is 0 Å². The number of benzene rings is 1. The molecule has 1 aliphatic heterocycles. The smallest absolute Gasteiger partial charge is 0.339 e. The Hall–Kier alpha value is -1.81. The summed E-state index contributed by atoms with van der Waals surface area (Å²) in [7, 11) is 0. The van der Waals surface area contributed by atoms with Crippen molar-refractivity contribution in [1.29, 1.82) is 0 Å². The monoisotopic (exact) mass is 271 g/mol. The lowest BCUT2D eigenvalue weighted by Gasteiger charge is -2.17. The third kappa shape index (κ3) is 1.83. The number of likely N-dealkylation sites (tertiary alicyclic amines) is 1. The van der Waals surface area contributed by atoms with E-state index in [1.807, 2.05) is 18.2 Å². The zero-order valence-corrected chi connectivity index (χ0v) is 11.4. The van der Waals surface area contributed by atoms with Gasteiger partial charge in [0.15, 0.2) is 0 Å². The van der Waals surface area contributed by atoms with Crippen molar-refractivity contribution in [2.24, 2.45) is 11.8 Å². The third-order valence-electron chi connectivity index (χ3n) is 4.60. The van der Waals surface area contributed by atoms with E-state index < -0.39 is 5.97 Å². The Morgan fingerprint density at radius 3 is 2.85 bits per heavy atom. The molecule has 4 rings (SSSR count). The lowest BCUT2D eigenvalue weighted by molar-refractivity contribution is 0.0697. The van der Waals surface area contributed by atoms with Gasteiger partial charge in [-0.2, -0.15) is 0 Å². The van der Waals surface area contributed by atoms with Crippen LogP contribution in [0.15, 0.2) is 22.6 Å². The van der Waals surface area contributed by atoms with E-state index in [4.69, 9.17) is 4.42 Å². The molecule has 4 nitrogen and oxygen atoms in total. The molecule has 1 N–H and O–H groups in total. The van der Waals surface area contributed by atoms with E-state index in [9.17, 15) is 9.90 Å². The summed E-state index contributed by atoms with van der Waals surface area (Å²) < 4.78 is 5.51. The Morgan fingerprint density at radius 1 is 1.40 bits per heavy atom. The van der Waals surface area contributed by atoms with Gasteiger partial charge < -0.3 is 9.52 Å². The minimum atomic E-state index is -0.916. The van der Waals surface area contributed by atoms with Gasteiger partial charge in [-0.25, -0.2) is 4.79 Å². The highest BCUT2D eigenvalue weighted by Gasteiger charge is 2.44. The average Bonchev–Trinajstić information content (AvgIpc) is 2.86. The lowest BCUT2D eigenvalue weighted by Crippen LogP contribution is -2.21. The molecule has 1 saturated carbocycles. The summed E-state index contributed by atoms with van der Waals surface area (Å²) in [5.41, 5.74) is 2.13. The Bertz CT molecular complexity index is 693. The van der Waals surface area contributed by atoms with Crippen molar-refractivity contribution >= 4 is 16.9 Å². The van der Waals surface area contributed by atoms with Gasteiger partial charge in [-0.05, 0) is 42.9 Å². The summed E-state index contributed by atoms with van der Waals surface area (Å²) in [5, 5.41) is 10.0. The van der Waals surface area contributed by atoms with Crippen LogP contribution < -0.4 is 0 Å². The van der Waals surface area contributed by atoms with Crippen molar-refractivity contribution in [1.82, 2.24) is 4.90 Å². The molecule has 1 aromatic carbocycles. The van der Waals surface area contributed by atoms with Gasteiger partial charge in [0.1, 0.15) is 16.9 Å². The van der Waals surface area contributed by atoms with Crippen LogP contribution in [0, 0.1) is 18.8 Å². The number of aryl methyl sites for hydroxylation is 1. The highest BCUT2D eigenvalue weighted by molar-refractivity contribution is 6.03. The van der Waals surface area contributed by atoms with Crippen LogP contribution in [-0.2, 0) is 6.54 Å². The van der Waals surface area contributed by atoms with Crippen LogP contribution in [0.4, 0.5) is 0 Å². The van der Waals surface area contributed by atoms with E-state index >= 15 is 0 Å². The molecule has 2 aliphatic rings. The van der Waals surface area contributed by atoms with Gasteiger partial charge in [0.05, 0.1) is 0 Å². The number of rotatable bonds is 3. The SMILES string of the molecule is Cc1oc2ccc(CN3CC4CC4C3)cc2c1C(=O)O. The molecule has 0 bridgehead atoms. The van der Waals surface area contributed by atoms with E-state index in [2.05, 4.69) is 4.90 Å². The van der Waals surface area contributed by atoms with Crippen LogP contribution in [0.3, 0.4) is 0 Å². The van der Waals surface area contributed by atoms with Gasteiger partial charge in [-0.1, -0.05) is 6.07 Å². The quantitative estimate of drug-likeness (QED) is 0.932. The molecular formula is C16H17NO3. The molecular weight excluding hydrogens is 254 g/mol. The average molecular weight is 271 g/mol. The van der Waals surface area contributed by atoms with Crippen molar-refractivity contribution in [2.45, 2.75) is 19.9 Å². The molecule has 2 heterocycles. The number of carbonyl (C=O) groups is 1. The fourth-order valence-corrected chi connectivity index (χ4v) is 3.51. The van der Waals surface area contributed by atoms with E-state index in [1.54, 1.807) is 6.92 Å². The highest BCUT2D eigenvalue weighted by atomic mass is 16.4. The first kappa shape index (κ1) is 12.0. The molecule has 2 unspecified atom stereocenters. The van der Waals surface area contributed by atoms with Gasteiger partial charge in [0, 0.05) is 25.0 Å². The summed E-state index contributed by atoms with van der Waals surface area (Å²) >= 11 is 0. The number of furan rings is 1. The molecule has 2 atom stereocenters. The van der Waals surface area contributed by atoms with Gasteiger partial charge in [-0.15, -0.1) is 0 Å². The number of carboxylic acids is 1. The van der Waals surface area contributed by atoms with E-state index in [1.165, 1.54) is 25.1 Å². The molecule has 1 saturated heterocycles. The molecule has 0 radical (unpaired) electrons. The number of hydrogen-bond donors (Lipinski definition) is 1. The third-order valence-corrected chi connectivity index (χ3v) is 4.60. The molecule has 1 aromatic heterocycles. The Morgan fingerprint density at radius 2 is 2.15 bits per heavy atom. The first-order chi connectivity index (χ1) is 9.61. The predicted octanol–water partition coefficient (Wildman–Crippen LogP) is 2.89. The van der Waals surface area contributed by atoms with Gasteiger partial charge >= 0.3 is 5.97 Å². The van der Waals surface area contributed by atoms with Crippen LogP contribution in [0.25, 0.3) is 11.0 Å². The van der Waals surface area contributed by atoms with Crippen molar-refractivity contribution in [3.8, 4) is 0 Å². The molecule has 4 heteroatoms. The zero-order chi connectivity index (χ0) is 13.9. The molecule has 2 aromatic rings.